The Kier molecular flexibility index (Phi) is 28.0. The maximum absolute atomic E-state index is 13.9. The maximum Gasteiger partial charge on any atom is 0.326 e. The van der Waals surface area contributed by atoms with E-state index < -0.39 is 165 Å². The number of aliphatic imine (C=N–C) groups is 1. The third kappa shape index (κ3) is 24.8. The number of guanidine groups is 1. The first-order valence-corrected chi connectivity index (χ1v) is 22.8. The molecule has 408 valence electrons. The van der Waals surface area contributed by atoms with Crippen molar-refractivity contribution in [3.8, 4) is 5.75 Å². The SMILES string of the molecule is CC(C)C[C@H](NC(=O)[C@H](CCC(=O)O)NC(=O)[C@@H](NC(=O)[C@H](CCCN=C(N)N)NC(=O)[C@H](CCC(N)=O)NC(=O)CNC(=O)[C@H](CO)NC(=O)[C@H](Cc1ccc(O)cc1)NC(=O)[C@@H](N)CO)[C@@H](C)O)C(=O)O. The molecule has 0 heterocycles. The molecule has 9 amide bonds. The van der Waals surface area contributed by atoms with E-state index in [-0.39, 0.29) is 49.9 Å². The van der Waals surface area contributed by atoms with Gasteiger partial charge in [0.05, 0.1) is 25.9 Å². The van der Waals surface area contributed by atoms with Gasteiger partial charge in [-0.25, -0.2) is 4.79 Å². The van der Waals surface area contributed by atoms with Crippen LogP contribution in [0.4, 0.5) is 0 Å². The summed E-state index contributed by atoms with van der Waals surface area (Å²) in [5.41, 5.74) is 22.1. The fraction of sp³-hybridized carbons (Fsp3) is 0.581. The molecule has 9 atom stereocenters. The number of phenols is 1. The summed E-state index contributed by atoms with van der Waals surface area (Å²) in [7, 11) is 0. The number of primary amides is 1. The third-order valence-electron chi connectivity index (χ3n) is 10.4. The van der Waals surface area contributed by atoms with Gasteiger partial charge in [0.25, 0.3) is 0 Å². The van der Waals surface area contributed by atoms with Gasteiger partial charge in [-0.05, 0) is 62.6 Å². The number of carbonyl (C=O) groups excluding carboxylic acids is 9. The molecule has 0 radical (unpaired) electrons. The molecule has 0 aliphatic carbocycles. The van der Waals surface area contributed by atoms with Crippen molar-refractivity contribution in [2.45, 2.75) is 127 Å². The number of carbonyl (C=O) groups is 11. The van der Waals surface area contributed by atoms with Gasteiger partial charge in [0, 0.05) is 25.8 Å². The molecule has 1 aromatic rings. The average Bonchev–Trinajstić information content (AvgIpc) is 3.31. The van der Waals surface area contributed by atoms with E-state index in [0.29, 0.717) is 5.56 Å². The highest BCUT2D eigenvalue weighted by Crippen LogP contribution is 2.13. The molecule has 73 heavy (non-hydrogen) atoms. The standard InChI is InChI=1S/C43H69N13O17/c1-20(2)15-29(42(72)73)54-38(68)27(11-13-33(63)64)52-41(71)34(21(3)59)56-39(69)25(5-4-14-48-43(46)47)51-37(67)26(10-12-31(45)61)50-32(62)17-49-36(66)30(19-58)55-40(70)28(53-35(65)24(44)18-57)16-22-6-8-23(60)9-7-22/h6-9,20-21,24-30,34,57-60H,4-5,10-19,44H2,1-3H3,(H2,45,61)(H,49,66)(H,50,62)(H,51,67)(H,52,71)(H,53,65)(H,54,68)(H,55,70)(H,56,69)(H,63,64)(H,72,73)(H4,46,47,48)/t21-,24+,25+,26+,27+,28+,29+,30+,34+/m1/s1. The van der Waals surface area contributed by atoms with Gasteiger partial charge in [-0.15, -0.1) is 0 Å². The van der Waals surface area contributed by atoms with Crippen molar-refractivity contribution < 1.29 is 83.4 Å². The van der Waals surface area contributed by atoms with E-state index in [1.54, 1.807) is 13.8 Å². The van der Waals surface area contributed by atoms with Crippen molar-refractivity contribution in [1.29, 1.82) is 0 Å². The molecule has 1 aromatic carbocycles. The number of nitrogens with zero attached hydrogens (tertiary/aromatic N) is 1. The van der Waals surface area contributed by atoms with E-state index in [2.05, 4.69) is 47.5 Å². The number of nitrogens with two attached hydrogens (primary N) is 4. The van der Waals surface area contributed by atoms with Crippen molar-refractivity contribution >= 4 is 71.1 Å². The monoisotopic (exact) mass is 1040 g/mol. The van der Waals surface area contributed by atoms with Crippen molar-refractivity contribution in [1.82, 2.24) is 42.5 Å². The highest BCUT2D eigenvalue weighted by Gasteiger charge is 2.35. The van der Waals surface area contributed by atoms with Crippen LogP contribution < -0.4 is 65.5 Å². The summed E-state index contributed by atoms with van der Waals surface area (Å²) in [6, 6.07) is -7.42. The minimum absolute atomic E-state index is 0.0204. The van der Waals surface area contributed by atoms with Crippen molar-refractivity contribution in [3.63, 3.8) is 0 Å². The van der Waals surface area contributed by atoms with Gasteiger partial charge in [0.15, 0.2) is 5.96 Å². The lowest BCUT2D eigenvalue weighted by atomic mass is 10.0. The molecular weight excluding hydrogens is 971 g/mol. The molecule has 1 rings (SSSR count). The zero-order valence-electron chi connectivity index (χ0n) is 40.5. The fourth-order valence-corrected chi connectivity index (χ4v) is 6.46. The van der Waals surface area contributed by atoms with Gasteiger partial charge in [0.1, 0.15) is 54.1 Å². The molecule has 0 saturated heterocycles. The summed E-state index contributed by atoms with van der Waals surface area (Å²) < 4.78 is 0. The number of benzene rings is 1. The predicted molar refractivity (Wildman–Crippen MR) is 254 cm³/mol. The minimum Gasteiger partial charge on any atom is -0.508 e. The highest BCUT2D eigenvalue weighted by molar-refractivity contribution is 5.98. The number of aliphatic hydroxyl groups is 3. The number of aliphatic carboxylic acids is 2. The molecule has 0 fully saturated rings. The molecule has 0 spiro atoms. The molecule has 0 bridgehead atoms. The lowest BCUT2D eigenvalue weighted by Gasteiger charge is -2.28. The van der Waals surface area contributed by atoms with Crippen LogP contribution in [0.3, 0.4) is 0 Å². The molecule has 0 unspecified atom stereocenters. The van der Waals surface area contributed by atoms with Crippen LogP contribution in [-0.2, 0) is 59.2 Å². The summed E-state index contributed by atoms with van der Waals surface area (Å²) in [4.78, 5) is 145. The summed E-state index contributed by atoms with van der Waals surface area (Å²) in [6.45, 7) is 1.62. The number of phenolic OH excluding ortho intramolecular Hbond substituents is 1. The summed E-state index contributed by atoms with van der Waals surface area (Å²) in [5, 5.41) is 76.5. The second-order valence-electron chi connectivity index (χ2n) is 17.1. The van der Waals surface area contributed by atoms with Gasteiger partial charge < -0.3 is 96.1 Å². The maximum atomic E-state index is 13.9. The Hall–Kier alpha value is -7.70. The average molecular weight is 1040 g/mol. The van der Waals surface area contributed by atoms with E-state index in [0.717, 1.165) is 6.92 Å². The highest BCUT2D eigenvalue weighted by atomic mass is 16.4. The number of nitrogens with one attached hydrogen (secondary N) is 8. The van der Waals surface area contributed by atoms with Crippen LogP contribution in [-0.4, -0.2) is 182 Å². The Balaban J connectivity index is 3.32. The summed E-state index contributed by atoms with van der Waals surface area (Å²) in [6.07, 6.45) is -4.48. The van der Waals surface area contributed by atoms with Crippen LogP contribution in [0.2, 0.25) is 0 Å². The smallest absolute Gasteiger partial charge is 0.326 e. The lowest BCUT2D eigenvalue weighted by molar-refractivity contribution is -0.143. The van der Waals surface area contributed by atoms with Gasteiger partial charge in [-0.1, -0.05) is 26.0 Å². The van der Waals surface area contributed by atoms with Gasteiger partial charge >= 0.3 is 11.9 Å². The van der Waals surface area contributed by atoms with Gasteiger partial charge in [-0.3, -0.25) is 52.9 Å². The van der Waals surface area contributed by atoms with Gasteiger partial charge in [0.2, 0.25) is 53.2 Å². The molecule has 30 nitrogen and oxygen atoms in total. The minimum atomic E-state index is -1.90. The Morgan fingerprint density at radius 3 is 1.63 bits per heavy atom. The summed E-state index contributed by atoms with van der Waals surface area (Å²) >= 11 is 0. The van der Waals surface area contributed by atoms with Crippen molar-refractivity contribution in [3.05, 3.63) is 29.8 Å². The third-order valence-corrected chi connectivity index (χ3v) is 10.4. The number of rotatable bonds is 34. The van der Waals surface area contributed by atoms with Crippen LogP contribution in [0.1, 0.15) is 71.3 Å². The number of amides is 9. The fourth-order valence-electron chi connectivity index (χ4n) is 6.46. The van der Waals surface area contributed by atoms with Crippen LogP contribution >= 0.6 is 0 Å². The molecule has 30 heteroatoms. The number of aromatic hydroxyl groups is 1. The zero-order chi connectivity index (χ0) is 55.5. The number of hydrogen-bond donors (Lipinski definition) is 18. The second kappa shape index (κ2) is 32.3. The van der Waals surface area contributed by atoms with Crippen LogP contribution in [0.25, 0.3) is 0 Å². The Morgan fingerprint density at radius 2 is 1.11 bits per heavy atom. The number of carboxylic acid groups (broad SMARTS) is 2. The quantitative estimate of drug-likeness (QED) is 0.0173. The topological polar surface area (TPSA) is 522 Å². The van der Waals surface area contributed by atoms with Crippen LogP contribution in [0.5, 0.6) is 5.75 Å². The van der Waals surface area contributed by atoms with Gasteiger partial charge in [-0.2, -0.15) is 0 Å². The molecule has 0 saturated carbocycles. The van der Waals surface area contributed by atoms with E-state index in [4.69, 9.17) is 22.9 Å². The van der Waals surface area contributed by atoms with E-state index >= 15 is 0 Å². The number of aliphatic hydroxyl groups excluding tert-OH is 3. The first-order valence-electron chi connectivity index (χ1n) is 22.8. The predicted octanol–water partition coefficient (Wildman–Crippen LogP) is -7.55. The first-order chi connectivity index (χ1) is 34.2. The van der Waals surface area contributed by atoms with Crippen molar-refractivity contribution in [2.75, 3.05) is 26.3 Å². The van der Waals surface area contributed by atoms with E-state index in [1.165, 1.54) is 24.3 Å². The number of carboxylic acids is 2. The van der Waals surface area contributed by atoms with Crippen molar-refractivity contribution in [2.24, 2.45) is 33.8 Å². The molecule has 0 aliphatic heterocycles. The normalized spacial score (nSPS) is 14.6. The summed E-state index contributed by atoms with van der Waals surface area (Å²) in [5.74, 6) is -13.1. The Morgan fingerprint density at radius 1 is 0.603 bits per heavy atom. The Labute approximate surface area is 418 Å². The van der Waals surface area contributed by atoms with E-state index in [9.17, 15) is 83.4 Å². The van der Waals surface area contributed by atoms with Crippen LogP contribution in [0, 0.1) is 5.92 Å². The zero-order valence-corrected chi connectivity index (χ0v) is 40.5. The number of hydrogen-bond acceptors (Lipinski definition) is 17. The molecule has 0 aliphatic rings. The van der Waals surface area contributed by atoms with Crippen LogP contribution in [0.15, 0.2) is 29.3 Å². The van der Waals surface area contributed by atoms with E-state index in [1.807, 2.05) is 0 Å². The molecular formula is C43H69N13O17. The second-order valence-corrected chi connectivity index (χ2v) is 17.1. The first kappa shape index (κ1) is 63.3. The Bertz CT molecular complexity index is 2100. The largest absolute Gasteiger partial charge is 0.508 e. The molecule has 0 aromatic heterocycles. The lowest BCUT2D eigenvalue weighted by Crippen LogP contribution is -2.61. The molecule has 22 N–H and O–H groups in total.